The van der Waals surface area contributed by atoms with Crippen molar-refractivity contribution < 1.29 is 44.3 Å². The van der Waals surface area contributed by atoms with Gasteiger partial charge in [0.2, 0.25) is 0 Å². The fraction of sp³-hybridized carbons (Fsp3) is 0.259. The molecule has 3 aromatic rings. The van der Waals surface area contributed by atoms with Crippen molar-refractivity contribution in [3.8, 4) is 16.9 Å². The second kappa shape index (κ2) is 11.3. The molecule has 3 rings (SSSR count). The number of halogens is 9. The van der Waals surface area contributed by atoms with E-state index >= 15 is 0 Å². The van der Waals surface area contributed by atoms with Crippen molar-refractivity contribution in [2.75, 3.05) is 0 Å². The lowest BCUT2D eigenvalue weighted by atomic mass is 9.98. The van der Waals surface area contributed by atoms with Gasteiger partial charge in [0.25, 0.3) is 0 Å². The molecule has 0 aliphatic heterocycles. The van der Waals surface area contributed by atoms with E-state index in [4.69, 9.17) is 0 Å². The summed E-state index contributed by atoms with van der Waals surface area (Å²) in [4.78, 5) is 0. The average Bonchev–Trinajstić information content (AvgIpc) is 2.79. The van der Waals surface area contributed by atoms with E-state index in [9.17, 15) is 39.5 Å². The van der Waals surface area contributed by atoms with E-state index in [0.717, 1.165) is 24.5 Å². The Hall–Kier alpha value is -3.43. The molecule has 0 saturated carbocycles. The van der Waals surface area contributed by atoms with Crippen LogP contribution in [-0.2, 0) is 19.0 Å². The molecule has 37 heavy (non-hydrogen) atoms. The molecule has 0 atom stereocenters. The molecular weight excluding hydrogens is 511 g/mol. The summed E-state index contributed by atoms with van der Waals surface area (Å²) in [5.74, 6) is -8.04. The summed E-state index contributed by atoms with van der Waals surface area (Å²) >= 11 is 0. The lowest BCUT2D eigenvalue weighted by Crippen LogP contribution is -2.26. The number of alkyl halides is 5. The number of hydrogen-bond donors (Lipinski definition) is 0. The van der Waals surface area contributed by atoms with E-state index in [1.54, 1.807) is 24.3 Å². The first-order chi connectivity index (χ1) is 17.3. The van der Waals surface area contributed by atoms with Crippen LogP contribution in [0.4, 0.5) is 39.5 Å². The maximum atomic E-state index is 14.7. The van der Waals surface area contributed by atoms with Gasteiger partial charge >= 0.3 is 12.3 Å². The molecule has 0 aromatic heterocycles. The Morgan fingerprint density at radius 1 is 0.784 bits per heavy atom. The number of allylic oxidation sites excluding steroid dienone is 2. The van der Waals surface area contributed by atoms with Crippen LogP contribution < -0.4 is 4.74 Å². The second-order valence-electron chi connectivity index (χ2n) is 8.20. The minimum atomic E-state index is -5.38. The first kappa shape index (κ1) is 28.1. The highest BCUT2D eigenvalue weighted by atomic mass is 19.4. The zero-order chi connectivity index (χ0) is 27.4. The first-order valence-corrected chi connectivity index (χ1v) is 11.1. The van der Waals surface area contributed by atoms with Gasteiger partial charge < -0.3 is 4.74 Å². The van der Waals surface area contributed by atoms with Gasteiger partial charge in [-0.2, -0.15) is 22.0 Å². The van der Waals surface area contributed by atoms with Crippen LogP contribution in [0.3, 0.4) is 0 Å². The van der Waals surface area contributed by atoms with Crippen LogP contribution in [0.1, 0.15) is 36.5 Å². The largest absolute Gasteiger partial charge is 0.432 e. The number of ether oxygens (including phenoxy) is 1. The standard InChI is InChI=1S/C27H21F9O/c1-2-3-4-5-16-6-8-17(9-7-16)20-11-10-18(24(30)25(20)31)12-13-26(32,33)37-19-14-21(28)23(22(29)15-19)27(34,35)36/h2-3,6-11,14-15H,4-5,12-13H2,1H3/b3-2+. The molecule has 0 aliphatic rings. The minimum Gasteiger partial charge on any atom is -0.432 e. The molecule has 0 spiro atoms. The molecule has 3 aromatic carbocycles. The quantitative estimate of drug-likeness (QED) is 0.197. The predicted octanol–water partition coefficient (Wildman–Crippen LogP) is 9.04. The fourth-order valence-corrected chi connectivity index (χ4v) is 3.66. The van der Waals surface area contributed by atoms with Crippen molar-refractivity contribution >= 4 is 0 Å². The Kier molecular flexibility index (Phi) is 8.60. The van der Waals surface area contributed by atoms with Gasteiger partial charge in [-0.15, -0.1) is 0 Å². The molecule has 0 bridgehead atoms. The maximum absolute atomic E-state index is 14.7. The predicted molar refractivity (Wildman–Crippen MR) is 120 cm³/mol. The van der Waals surface area contributed by atoms with Crippen LogP contribution in [0.5, 0.6) is 5.75 Å². The zero-order valence-electron chi connectivity index (χ0n) is 19.4. The van der Waals surface area contributed by atoms with Crippen LogP contribution >= 0.6 is 0 Å². The van der Waals surface area contributed by atoms with Gasteiger partial charge in [-0.25, -0.2) is 17.6 Å². The normalized spacial score (nSPS) is 12.4. The van der Waals surface area contributed by atoms with E-state index in [1.807, 2.05) is 19.1 Å². The van der Waals surface area contributed by atoms with Crippen molar-refractivity contribution in [1.29, 1.82) is 0 Å². The summed E-state index contributed by atoms with van der Waals surface area (Å²) in [6.07, 6.45) is -5.99. The number of rotatable bonds is 9. The Balaban J connectivity index is 1.71. The van der Waals surface area contributed by atoms with Crippen LogP contribution in [-0.4, -0.2) is 6.11 Å². The van der Waals surface area contributed by atoms with Gasteiger partial charge in [-0.3, -0.25) is 0 Å². The van der Waals surface area contributed by atoms with Gasteiger partial charge in [-0.1, -0.05) is 48.6 Å². The summed E-state index contributed by atoms with van der Waals surface area (Å²) in [7, 11) is 0. The van der Waals surface area contributed by atoms with E-state index in [0.29, 0.717) is 5.56 Å². The Morgan fingerprint density at radius 2 is 1.41 bits per heavy atom. The molecule has 198 valence electrons. The smallest absolute Gasteiger partial charge is 0.422 e. The first-order valence-electron chi connectivity index (χ1n) is 11.1. The van der Waals surface area contributed by atoms with Gasteiger partial charge in [0.05, 0.1) is 6.42 Å². The van der Waals surface area contributed by atoms with Crippen LogP contribution in [0.2, 0.25) is 0 Å². The molecule has 0 N–H and O–H groups in total. The van der Waals surface area contributed by atoms with E-state index in [1.165, 1.54) is 6.07 Å². The molecule has 0 saturated heterocycles. The Labute approximate surface area is 207 Å². The van der Waals surface area contributed by atoms with E-state index < -0.39 is 65.3 Å². The molecule has 0 heterocycles. The number of hydrogen-bond acceptors (Lipinski definition) is 1. The molecule has 0 fully saturated rings. The Morgan fingerprint density at radius 3 is 1.97 bits per heavy atom. The summed E-state index contributed by atoms with van der Waals surface area (Å²) in [5, 5.41) is 0. The van der Waals surface area contributed by atoms with Crippen molar-refractivity contribution in [2.45, 2.75) is 44.9 Å². The zero-order valence-corrected chi connectivity index (χ0v) is 19.4. The lowest BCUT2D eigenvalue weighted by Gasteiger charge is -2.19. The van der Waals surface area contributed by atoms with Crippen molar-refractivity contribution in [1.82, 2.24) is 0 Å². The molecular formula is C27H21F9O. The van der Waals surface area contributed by atoms with E-state index in [-0.39, 0.29) is 17.7 Å². The van der Waals surface area contributed by atoms with Gasteiger partial charge in [0, 0.05) is 17.7 Å². The molecule has 0 amide bonds. The Bertz CT molecular complexity index is 1240. The SMILES string of the molecule is C/C=C/CCc1ccc(-c2ccc(CCC(F)(F)Oc3cc(F)c(C(F)(F)F)c(F)c3)c(F)c2F)cc1. The van der Waals surface area contributed by atoms with Crippen LogP contribution in [0, 0.1) is 23.3 Å². The highest BCUT2D eigenvalue weighted by molar-refractivity contribution is 5.65. The summed E-state index contributed by atoms with van der Waals surface area (Å²) in [6.45, 7) is 1.90. The van der Waals surface area contributed by atoms with Crippen LogP contribution in [0.25, 0.3) is 11.1 Å². The number of benzene rings is 3. The lowest BCUT2D eigenvalue weighted by molar-refractivity contribution is -0.180. The van der Waals surface area contributed by atoms with Gasteiger partial charge in [0.1, 0.15) is 22.9 Å². The third-order valence-corrected chi connectivity index (χ3v) is 5.51. The summed E-state index contributed by atoms with van der Waals surface area (Å²) in [5.41, 5.74) is -1.34. The third-order valence-electron chi connectivity index (χ3n) is 5.51. The average molecular weight is 532 g/mol. The van der Waals surface area contributed by atoms with Crippen molar-refractivity contribution in [3.63, 3.8) is 0 Å². The number of aryl methyl sites for hydroxylation is 2. The van der Waals surface area contributed by atoms with Crippen LogP contribution in [0.15, 0.2) is 60.7 Å². The highest BCUT2D eigenvalue weighted by Crippen LogP contribution is 2.37. The molecule has 10 heteroatoms. The van der Waals surface area contributed by atoms with Crippen molar-refractivity contribution in [2.24, 2.45) is 0 Å². The third kappa shape index (κ3) is 7.08. The molecule has 0 unspecified atom stereocenters. The summed E-state index contributed by atoms with van der Waals surface area (Å²) in [6, 6.07) is 9.09. The van der Waals surface area contributed by atoms with Crippen molar-refractivity contribution in [3.05, 3.63) is 101 Å². The molecule has 0 aliphatic carbocycles. The fourth-order valence-electron chi connectivity index (χ4n) is 3.66. The van der Waals surface area contributed by atoms with Gasteiger partial charge in [-0.05, 0) is 42.9 Å². The molecule has 1 nitrogen and oxygen atoms in total. The minimum absolute atomic E-state index is 0.0271. The van der Waals surface area contributed by atoms with Gasteiger partial charge in [0.15, 0.2) is 11.6 Å². The monoisotopic (exact) mass is 532 g/mol. The van der Waals surface area contributed by atoms with E-state index in [2.05, 4.69) is 4.74 Å². The maximum Gasteiger partial charge on any atom is 0.422 e. The topological polar surface area (TPSA) is 9.23 Å². The molecule has 0 radical (unpaired) electrons. The highest BCUT2D eigenvalue weighted by Gasteiger charge is 2.39. The summed E-state index contributed by atoms with van der Waals surface area (Å²) < 4.78 is 127. The second-order valence-corrected chi connectivity index (χ2v) is 8.20.